The van der Waals surface area contributed by atoms with Crippen LogP contribution in [0.3, 0.4) is 0 Å². The molecule has 0 aromatic heterocycles. The van der Waals surface area contributed by atoms with Gasteiger partial charge in [-0.3, -0.25) is 9.52 Å². The van der Waals surface area contributed by atoms with Gasteiger partial charge in [0.05, 0.1) is 17.5 Å². The lowest BCUT2D eigenvalue weighted by molar-refractivity contribution is 0.0947. The Labute approximate surface area is 132 Å². The highest BCUT2D eigenvalue weighted by molar-refractivity contribution is 7.92. The maximum absolute atomic E-state index is 12.1. The van der Waals surface area contributed by atoms with Crippen molar-refractivity contribution >= 4 is 34.0 Å². The van der Waals surface area contributed by atoms with E-state index in [1.54, 1.807) is 32.0 Å². The first-order valence-corrected chi connectivity index (χ1v) is 8.03. The van der Waals surface area contributed by atoms with Gasteiger partial charge in [0.2, 0.25) is 10.0 Å². The normalized spacial score (nSPS) is 11.5. The monoisotopic (exact) mass is 335 g/mol. The zero-order valence-corrected chi connectivity index (χ0v) is 14.2. The van der Waals surface area contributed by atoms with Gasteiger partial charge in [-0.15, -0.1) is 12.4 Å². The minimum atomic E-state index is -3.44. The van der Waals surface area contributed by atoms with E-state index in [2.05, 4.69) is 10.0 Å². The number of nitrogens with two attached hydrogens (primary N) is 1. The molecule has 1 aromatic carbocycles. The molecule has 21 heavy (non-hydrogen) atoms. The Morgan fingerprint density at radius 3 is 2.38 bits per heavy atom. The number of sulfonamides is 1. The van der Waals surface area contributed by atoms with Crippen LogP contribution in [0.25, 0.3) is 0 Å². The molecule has 0 aliphatic carbocycles. The summed E-state index contributed by atoms with van der Waals surface area (Å²) in [6.45, 7) is 5.70. The van der Waals surface area contributed by atoms with Crippen molar-refractivity contribution in [2.75, 3.05) is 17.5 Å². The average Bonchev–Trinajstić information content (AvgIpc) is 2.25. The number of nitrogens with one attached hydrogen (secondary N) is 2. The number of hydrogen-bond acceptors (Lipinski definition) is 4. The first-order chi connectivity index (χ1) is 8.98. The molecule has 1 amide bonds. The molecule has 120 valence electrons. The van der Waals surface area contributed by atoms with Gasteiger partial charge < -0.3 is 11.1 Å². The van der Waals surface area contributed by atoms with Gasteiger partial charge in [0, 0.05) is 12.1 Å². The van der Waals surface area contributed by atoms with Crippen molar-refractivity contribution < 1.29 is 13.2 Å². The zero-order chi connectivity index (χ0) is 15.6. The summed E-state index contributed by atoms with van der Waals surface area (Å²) in [6, 6.07) is 4.93. The van der Waals surface area contributed by atoms with Gasteiger partial charge in [0.25, 0.3) is 5.91 Å². The number of carbonyl (C=O) groups is 1. The molecule has 1 rings (SSSR count). The van der Waals surface area contributed by atoms with Crippen molar-refractivity contribution in [3.63, 3.8) is 0 Å². The van der Waals surface area contributed by atoms with E-state index in [-0.39, 0.29) is 36.1 Å². The second-order valence-corrected chi connectivity index (χ2v) is 7.34. The van der Waals surface area contributed by atoms with E-state index in [0.717, 1.165) is 11.8 Å². The molecule has 0 aliphatic heterocycles. The SMILES string of the molecule is Cc1ccc(NS(C)(=O)=O)c(C(=O)NCC(C)(C)N)c1.Cl. The van der Waals surface area contributed by atoms with Crippen molar-refractivity contribution in [2.24, 2.45) is 5.73 Å². The van der Waals surface area contributed by atoms with E-state index in [9.17, 15) is 13.2 Å². The molecule has 0 spiro atoms. The van der Waals surface area contributed by atoms with Crippen molar-refractivity contribution in [1.82, 2.24) is 5.32 Å². The summed E-state index contributed by atoms with van der Waals surface area (Å²) in [5.41, 5.74) is 6.66. The highest BCUT2D eigenvalue weighted by Crippen LogP contribution is 2.18. The summed E-state index contributed by atoms with van der Waals surface area (Å²) in [6.07, 6.45) is 1.04. The molecule has 0 aliphatic rings. The Morgan fingerprint density at radius 2 is 1.90 bits per heavy atom. The maximum atomic E-state index is 12.1. The standard InChI is InChI=1S/C13H21N3O3S.ClH/c1-9-5-6-11(16-20(4,18)19)10(7-9)12(17)15-8-13(2,3)14;/h5-7,16H,8,14H2,1-4H3,(H,15,17);1H. The van der Waals surface area contributed by atoms with Crippen LogP contribution in [0.4, 0.5) is 5.69 Å². The smallest absolute Gasteiger partial charge is 0.253 e. The molecular formula is C13H22ClN3O3S. The predicted octanol–water partition coefficient (Wildman–Crippen LogP) is 1.26. The minimum absolute atomic E-state index is 0. The van der Waals surface area contributed by atoms with Crippen LogP contribution < -0.4 is 15.8 Å². The lowest BCUT2D eigenvalue weighted by Crippen LogP contribution is -2.45. The third-order valence-electron chi connectivity index (χ3n) is 2.42. The fourth-order valence-corrected chi connectivity index (χ4v) is 2.12. The molecule has 4 N–H and O–H groups in total. The molecule has 1 aromatic rings. The number of hydrogen-bond donors (Lipinski definition) is 3. The van der Waals surface area contributed by atoms with E-state index in [1.807, 2.05) is 6.92 Å². The number of rotatable bonds is 5. The molecule has 6 nitrogen and oxygen atoms in total. The van der Waals surface area contributed by atoms with Crippen LogP contribution in [0.2, 0.25) is 0 Å². The third kappa shape index (κ3) is 7.31. The molecule has 8 heteroatoms. The van der Waals surface area contributed by atoms with Gasteiger partial charge in [0.15, 0.2) is 0 Å². The van der Waals surface area contributed by atoms with Crippen molar-refractivity contribution in [1.29, 1.82) is 0 Å². The average molecular weight is 336 g/mol. The summed E-state index contributed by atoms with van der Waals surface area (Å²) in [5.74, 6) is -0.363. The lowest BCUT2D eigenvalue weighted by Gasteiger charge is -2.19. The number of carbonyl (C=O) groups excluding carboxylic acids is 1. The summed E-state index contributed by atoms with van der Waals surface area (Å²) >= 11 is 0. The van der Waals surface area contributed by atoms with Gasteiger partial charge in [-0.2, -0.15) is 0 Å². The van der Waals surface area contributed by atoms with Crippen LogP contribution >= 0.6 is 12.4 Å². The van der Waals surface area contributed by atoms with Crippen molar-refractivity contribution in [2.45, 2.75) is 26.3 Å². The third-order valence-corrected chi connectivity index (χ3v) is 3.01. The van der Waals surface area contributed by atoms with Crippen LogP contribution in [0, 0.1) is 6.92 Å². The number of aryl methyl sites for hydroxylation is 1. The molecule has 0 atom stereocenters. The van der Waals surface area contributed by atoms with E-state index in [4.69, 9.17) is 5.73 Å². The lowest BCUT2D eigenvalue weighted by atomic mass is 10.1. The summed E-state index contributed by atoms with van der Waals surface area (Å²) in [5, 5.41) is 2.69. The molecule has 0 fully saturated rings. The fraction of sp³-hybridized carbons (Fsp3) is 0.462. The molecule has 0 radical (unpaired) electrons. The van der Waals surface area contributed by atoms with Gasteiger partial charge in [-0.25, -0.2) is 8.42 Å². The molecule has 0 heterocycles. The van der Waals surface area contributed by atoms with Gasteiger partial charge in [-0.05, 0) is 32.9 Å². The topological polar surface area (TPSA) is 101 Å². The second kappa shape index (κ2) is 7.11. The first kappa shape index (κ1) is 19.7. The van der Waals surface area contributed by atoms with E-state index in [1.165, 1.54) is 0 Å². The highest BCUT2D eigenvalue weighted by Gasteiger charge is 2.17. The van der Waals surface area contributed by atoms with Crippen molar-refractivity contribution in [3.05, 3.63) is 29.3 Å². The quantitative estimate of drug-likeness (QED) is 0.753. The van der Waals surface area contributed by atoms with Crippen LogP contribution in [0.15, 0.2) is 18.2 Å². The van der Waals surface area contributed by atoms with Crippen LogP contribution in [-0.2, 0) is 10.0 Å². The van der Waals surface area contributed by atoms with Crippen LogP contribution in [0.5, 0.6) is 0 Å². The number of amides is 1. The largest absolute Gasteiger partial charge is 0.350 e. The second-order valence-electron chi connectivity index (χ2n) is 5.59. The van der Waals surface area contributed by atoms with E-state index >= 15 is 0 Å². The summed E-state index contributed by atoms with van der Waals surface area (Å²) in [7, 11) is -3.44. The first-order valence-electron chi connectivity index (χ1n) is 6.13. The molecule has 0 saturated heterocycles. The van der Waals surface area contributed by atoms with E-state index < -0.39 is 15.6 Å². The highest BCUT2D eigenvalue weighted by atomic mass is 35.5. The Kier molecular flexibility index (Phi) is 6.66. The molecule has 0 unspecified atom stereocenters. The molecule has 0 saturated carbocycles. The summed E-state index contributed by atoms with van der Waals surface area (Å²) < 4.78 is 25.0. The van der Waals surface area contributed by atoms with Crippen LogP contribution in [0.1, 0.15) is 29.8 Å². The Bertz CT molecular complexity index is 610. The van der Waals surface area contributed by atoms with Gasteiger partial charge in [0.1, 0.15) is 0 Å². The predicted molar refractivity (Wildman–Crippen MR) is 87.5 cm³/mol. The number of benzene rings is 1. The van der Waals surface area contributed by atoms with E-state index in [0.29, 0.717) is 0 Å². The number of anilines is 1. The Balaban J connectivity index is 0.00000400. The van der Waals surface area contributed by atoms with Gasteiger partial charge >= 0.3 is 0 Å². The molecular weight excluding hydrogens is 314 g/mol. The Hall–Kier alpha value is -1.31. The molecule has 0 bridgehead atoms. The Morgan fingerprint density at radius 1 is 1.33 bits per heavy atom. The minimum Gasteiger partial charge on any atom is -0.350 e. The number of halogens is 1. The van der Waals surface area contributed by atoms with Crippen LogP contribution in [-0.4, -0.2) is 32.7 Å². The van der Waals surface area contributed by atoms with Gasteiger partial charge in [-0.1, -0.05) is 11.6 Å². The van der Waals surface area contributed by atoms with Crippen molar-refractivity contribution in [3.8, 4) is 0 Å². The maximum Gasteiger partial charge on any atom is 0.253 e. The fourth-order valence-electron chi connectivity index (χ4n) is 1.54. The zero-order valence-electron chi connectivity index (χ0n) is 12.6. The summed E-state index contributed by atoms with van der Waals surface area (Å²) in [4.78, 5) is 12.1.